The minimum atomic E-state index is -0.162. The van der Waals surface area contributed by atoms with Gasteiger partial charge < -0.3 is 10.4 Å². The van der Waals surface area contributed by atoms with E-state index >= 15 is 0 Å². The largest absolute Gasteiger partial charge is 0.394 e. The second kappa shape index (κ2) is 7.30. The van der Waals surface area contributed by atoms with Crippen LogP contribution in [0, 0.1) is 0 Å². The van der Waals surface area contributed by atoms with E-state index in [1.165, 1.54) is 5.56 Å². The molecule has 0 aliphatic carbocycles. The average molecular weight is 239 g/mol. The molecule has 0 aliphatic heterocycles. The van der Waals surface area contributed by atoms with Gasteiger partial charge >= 0.3 is 0 Å². The van der Waals surface area contributed by atoms with Crippen molar-refractivity contribution in [1.29, 1.82) is 0 Å². The Labute approximate surface area is 100 Å². The van der Waals surface area contributed by atoms with E-state index in [2.05, 4.69) is 5.32 Å². The van der Waals surface area contributed by atoms with Crippen LogP contribution in [0.15, 0.2) is 30.3 Å². The fourth-order valence-corrected chi connectivity index (χ4v) is 2.00. The van der Waals surface area contributed by atoms with Crippen molar-refractivity contribution in [2.24, 2.45) is 0 Å². The highest BCUT2D eigenvalue weighted by Gasteiger charge is 2.05. The molecule has 3 nitrogen and oxygen atoms in total. The molecule has 0 spiro atoms. The van der Waals surface area contributed by atoms with Crippen molar-refractivity contribution < 1.29 is 9.90 Å². The summed E-state index contributed by atoms with van der Waals surface area (Å²) in [6, 6.07) is 9.88. The Hall–Kier alpha value is -1.00. The number of carbonyl (C=O) groups excluding carboxylic acids is 1. The first-order valence-corrected chi connectivity index (χ1v) is 6.39. The van der Waals surface area contributed by atoms with E-state index in [4.69, 9.17) is 5.11 Å². The van der Waals surface area contributed by atoms with Gasteiger partial charge in [-0.15, -0.1) is 11.8 Å². The van der Waals surface area contributed by atoms with Crippen molar-refractivity contribution in [2.45, 2.75) is 18.7 Å². The normalized spacial score (nSPS) is 12.1. The van der Waals surface area contributed by atoms with E-state index in [1.54, 1.807) is 18.7 Å². The molecule has 0 heterocycles. The van der Waals surface area contributed by atoms with E-state index in [0.717, 1.165) is 5.75 Å². The Morgan fingerprint density at radius 3 is 2.75 bits per heavy atom. The summed E-state index contributed by atoms with van der Waals surface area (Å²) >= 11 is 1.57. The predicted molar refractivity (Wildman–Crippen MR) is 67.3 cm³/mol. The van der Waals surface area contributed by atoms with Crippen LogP contribution in [0.2, 0.25) is 0 Å². The molecule has 1 atom stereocenters. The van der Waals surface area contributed by atoms with Crippen molar-refractivity contribution in [3.63, 3.8) is 0 Å². The maximum Gasteiger partial charge on any atom is 0.230 e. The summed E-state index contributed by atoms with van der Waals surface area (Å²) in [5, 5.41) is 11.5. The Bertz CT molecular complexity index is 316. The Kier molecular flexibility index (Phi) is 5.96. The minimum Gasteiger partial charge on any atom is -0.394 e. The van der Waals surface area contributed by atoms with Crippen LogP contribution in [-0.4, -0.2) is 29.4 Å². The SMILES string of the molecule is C[C@@H](CO)NC(=O)CSCc1ccccc1. The molecule has 0 radical (unpaired) electrons. The monoisotopic (exact) mass is 239 g/mol. The van der Waals surface area contributed by atoms with Crippen molar-refractivity contribution in [1.82, 2.24) is 5.32 Å². The highest BCUT2D eigenvalue weighted by molar-refractivity contribution is 7.99. The molecule has 16 heavy (non-hydrogen) atoms. The molecular weight excluding hydrogens is 222 g/mol. The quantitative estimate of drug-likeness (QED) is 0.789. The number of hydrogen-bond acceptors (Lipinski definition) is 3. The van der Waals surface area contributed by atoms with Gasteiger partial charge in [0.1, 0.15) is 0 Å². The molecule has 0 saturated heterocycles. The molecule has 1 aromatic rings. The van der Waals surface area contributed by atoms with Gasteiger partial charge in [0.25, 0.3) is 0 Å². The van der Waals surface area contributed by atoms with Crippen molar-refractivity contribution >= 4 is 17.7 Å². The third kappa shape index (κ3) is 5.19. The fraction of sp³-hybridized carbons (Fsp3) is 0.417. The molecule has 88 valence electrons. The second-order valence-corrected chi connectivity index (χ2v) is 4.62. The van der Waals surface area contributed by atoms with Gasteiger partial charge in [0.05, 0.1) is 12.4 Å². The Morgan fingerprint density at radius 1 is 1.44 bits per heavy atom. The lowest BCUT2D eigenvalue weighted by atomic mass is 10.2. The highest BCUT2D eigenvalue weighted by atomic mass is 32.2. The van der Waals surface area contributed by atoms with Crippen molar-refractivity contribution in [3.8, 4) is 0 Å². The van der Waals surface area contributed by atoms with E-state index < -0.39 is 0 Å². The first kappa shape index (κ1) is 13.1. The minimum absolute atomic E-state index is 0.0188. The average Bonchev–Trinajstić information content (AvgIpc) is 2.30. The molecule has 4 heteroatoms. The third-order valence-electron chi connectivity index (χ3n) is 2.03. The van der Waals surface area contributed by atoms with E-state index in [9.17, 15) is 4.79 Å². The second-order valence-electron chi connectivity index (χ2n) is 3.63. The van der Waals surface area contributed by atoms with E-state index in [-0.39, 0.29) is 18.6 Å². The molecule has 1 aromatic carbocycles. The number of amides is 1. The van der Waals surface area contributed by atoms with Crippen LogP contribution in [-0.2, 0) is 10.5 Å². The number of aliphatic hydroxyl groups excluding tert-OH is 1. The zero-order valence-electron chi connectivity index (χ0n) is 9.35. The summed E-state index contributed by atoms with van der Waals surface area (Å²) in [6.07, 6.45) is 0. The van der Waals surface area contributed by atoms with Gasteiger partial charge in [-0.1, -0.05) is 30.3 Å². The maximum absolute atomic E-state index is 11.4. The summed E-state index contributed by atoms with van der Waals surface area (Å²) < 4.78 is 0. The number of hydrogen-bond donors (Lipinski definition) is 2. The number of nitrogens with one attached hydrogen (secondary N) is 1. The zero-order valence-corrected chi connectivity index (χ0v) is 10.2. The summed E-state index contributed by atoms with van der Waals surface area (Å²) in [6.45, 7) is 1.76. The number of rotatable bonds is 6. The number of benzene rings is 1. The van der Waals surface area contributed by atoms with Crippen LogP contribution in [0.5, 0.6) is 0 Å². The number of carbonyl (C=O) groups is 1. The van der Waals surface area contributed by atoms with Gasteiger partial charge in [0, 0.05) is 11.8 Å². The lowest BCUT2D eigenvalue weighted by molar-refractivity contribution is -0.119. The topological polar surface area (TPSA) is 49.3 Å². The van der Waals surface area contributed by atoms with Crippen LogP contribution in [0.4, 0.5) is 0 Å². The van der Waals surface area contributed by atoms with Gasteiger partial charge in [-0.3, -0.25) is 4.79 Å². The third-order valence-corrected chi connectivity index (χ3v) is 3.03. The van der Waals surface area contributed by atoms with E-state index in [0.29, 0.717) is 5.75 Å². The summed E-state index contributed by atoms with van der Waals surface area (Å²) in [4.78, 5) is 11.4. The molecule has 0 bridgehead atoms. The van der Waals surface area contributed by atoms with Gasteiger partial charge in [0.15, 0.2) is 0 Å². The molecule has 0 fully saturated rings. The van der Waals surface area contributed by atoms with Crippen LogP contribution < -0.4 is 5.32 Å². The molecule has 0 aliphatic rings. The molecule has 0 unspecified atom stereocenters. The summed E-state index contributed by atoms with van der Waals surface area (Å²) in [7, 11) is 0. The standard InChI is InChI=1S/C12H17NO2S/c1-10(7-14)13-12(15)9-16-8-11-5-3-2-4-6-11/h2-6,10,14H,7-9H2,1H3,(H,13,15)/t10-/m0/s1. The van der Waals surface area contributed by atoms with Crippen LogP contribution >= 0.6 is 11.8 Å². The first-order valence-electron chi connectivity index (χ1n) is 5.24. The molecule has 0 saturated carbocycles. The van der Waals surface area contributed by atoms with Gasteiger partial charge in [-0.2, -0.15) is 0 Å². The van der Waals surface area contributed by atoms with Crippen molar-refractivity contribution in [2.75, 3.05) is 12.4 Å². The predicted octanol–water partition coefficient (Wildman–Crippen LogP) is 1.42. The fourth-order valence-electron chi connectivity index (χ4n) is 1.20. The van der Waals surface area contributed by atoms with Crippen LogP contribution in [0.1, 0.15) is 12.5 Å². The Balaban J connectivity index is 2.18. The zero-order chi connectivity index (χ0) is 11.8. The molecule has 1 amide bonds. The first-order chi connectivity index (χ1) is 7.72. The lowest BCUT2D eigenvalue weighted by Crippen LogP contribution is -2.36. The lowest BCUT2D eigenvalue weighted by Gasteiger charge is -2.10. The number of aliphatic hydroxyl groups is 1. The van der Waals surface area contributed by atoms with E-state index in [1.807, 2.05) is 30.3 Å². The highest BCUT2D eigenvalue weighted by Crippen LogP contribution is 2.10. The molecule has 1 rings (SSSR count). The van der Waals surface area contributed by atoms with Crippen molar-refractivity contribution in [3.05, 3.63) is 35.9 Å². The molecule has 0 aromatic heterocycles. The summed E-state index contributed by atoms with van der Waals surface area (Å²) in [5.74, 6) is 1.24. The summed E-state index contributed by atoms with van der Waals surface area (Å²) in [5.41, 5.74) is 1.22. The smallest absolute Gasteiger partial charge is 0.230 e. The maximum atomic E-state index is 11.4. The van der Waals surface area contributed by atoms with Crippen LogP contribution in [0.25, 0.3) is 0 Å². The Morgan fingerprint density at radius 2 is 2.12 bits per heavy atom. The molecular formula is C12H17NO2S. The molecule has 2 N–H and O–H groups in total. The number of thioether (sulfide) groups is 1. The van der Waals surface area contributed by atoms with Crippen LogP contribution in [0.3, 0.4) is 0 Å². The van der Waals surface area contributed by atoms with Gasteiger partial charge in [0.2, 0.25) is 5.91 Å². The van der Waals surface area contributed by atoms with Gasteiger partial charge in [-0.05, 0) is 12.5 Å². The van der Waals surface area contributed by atoms with Gasteiger partial charge in [-0.25, -0.2) is 0 Å².